The SMILES string of the molecule is CN(CCOc1ccc(F)cc1)S(C)(=O)=O. The molecule has 0 aromatic heterocycles. The van der Waals surface area contributed by atoms with E-state index < -0.39 is 10.0 Å². The summed E-state index contributed by atoms with van der Waals surface area (Å²) >= 11 is 0. The Hall–Kier alpha value is -1.14. The topological polar surface area (TPSA) is 46.6 Å². The first-order chi connectivity index (χ1) is 7.39. The second-order valence-electron chi connectivity index (χ2n) is 3.39. The van der Waals surface area contributed by atoms with E-state index in [1.165, 1.54) is 35.6 Å². The van der Waals surface area contributed by atoms with Crippen molar-refractivity contribution in [2.45, 2.75) is 0 Å². The van der Waals surface area contributed by atoms with Gasteiger partial charge in [-0.2, -0.15) is 0 Å². The number of nitrogens with zero attached hydrogens (tertiary/aromatic N) is 1. The van der Waals surface area contributed by atoms with Gasteiger partial charge in [-0.05, 0) is 24.3 Å². The van der Waals surface area contributed by atoms with Crippen LogP contribution in [0.5, 0.6) is 5.75 Å². The van der Waals surface area contributed by atoms with E-state index in [1.54, 1.807) is 0 Å². The van der Waals surface area contributed by atoms with Crippen LogP contribution in [0, 0.1) is 5.82 Å². The lowest BCUT2D eigenvalue weighted by Gasteiger charge is -2.14. The predicted molar refractivity (Wildman–Crippen MR) is 59.4 cm³/mol. The van der Waals surface area contributed by atoms with Crippen molar-refractivity contribution in [2.24, 2.45) is 0 Å². The average Bonchev–Trinajstić information content (AvgIpc) is 2.19. The molecule has 0 aliphatic rings. The Labute approximate surface area is 94.7 Å². The molecule has 0 atom stereocenters. The summed E-state index contributed by atoms with van der Waals surface area (Å²) in [6.45, 7) is 0.491. The van der Waals surface area contributed by atoms with E-state index in [-0.39, 0.29) is 19.0 Å². The molecule has 0 aliphatic carbocycles. The minimum atomic E-state index is -3.17. The molecule has 0 aliphatic heterocycles. The molecular formula is C10H14FNO3S. The maximum absolute atomic E-state index is 12.6. The normalized spacial score (nSPS) is 11.8. The van der Waals surface area contributed by atoms with Gasteiger partial charge in [-0.15, -0.1) is 0 Å². The molecule has 0 saturated heterocycles. The monoisotopic (exact) mass is 247 g/mol. The highest BCUT2D eigenvalue weighted by atomic mass is 32.2. The van der Waals surface area contributed by atoms with Crippen LogP contribution >= 0.6 is 0 Å². The quantitative estimate of drug-likeness (QED) is 0.782. The summed E-state index contributed by atoms with van der Waals surface area (Å²) in [6.07, 6.45) is 1.13. The smallest absolute Gasteiger partial charge is 0.211 e. The number of sulfonamides is 1. The summed E-state index contributed by atoms with van der Waals surface area (Å²) in [6, 6.07) is 5.57. The molecule has 0 radical (unpaired) electrons. The minimum absolute atomic E-state index is 0.231. The van der Waals surface area contributed by atoms with Gasteiger partial charge >= 0.3 is 0 Å². The Morgan fingerprint density at radius 3 is 2.38 bits per heavy atom. The Morgan fingerprint density at radius 2 is 1.88 bits per heavy atom. The highest BCUT2D eigenvalue weighted by Crippen LogP contribution is 2.10. The molecule has 0 saturated carbocycles. The van der Waals surface area contributed by atoms with Gasteiger partial charge in [0.15, 0.2) is 0 Å². The third kappa shape index (κ3) is 4.16. The highest BCUT2D eigenvalue weighted by Gasteiger charge is 2.09. The summed E-state index contributed by atoms with van der Waals surface area (Å²) in [5, 5.41) is 0. The van der Waals surface area contributed by atoms with Crippen LogP contribution in [0.2, 0.25) is 0 Å². The number of benzene rings is 1. The standard InChI is InChI=1S/C10H14FNO3S/c1-12(16(2,13)14)7-8-15-10-5-3-9(11)4-6-10/h3-6H,7-8H2,1-2H3. The van der Waals surface area contributed by atoms with E-state index in [2.05, 4.69) is 0 Å². The van der Waals surface area contributed by atoms with Crippen LogP contribution in [-0.2, 0) is 10.0 Å². The molecule has 0 N–H and O–H groups in total. The zero-order chi connectivity index (χ0) is 12.2. The second-order valence-corrected chi connectivity index (χ2v) is 5.48. The lowest BCUT2D eigenvalue weighted by molar-refractivity contribution is 0.287. The molecule has 6 heteroatoms. The molecule has 0 heterocycles. The molecule has 16 heavy (non-hydrogen) atoms. The van der Waals surface area contributed by atoms with Crippen molar-refractivity contribution in [1.29, 1.82) is 0 Å². The van der Waals surface area contributed by atoms with Crippen LogP contribution in [0.1, 0.15) is 0 Å². The largest absolute Gasteiger partial charge is 0.492 e. The zero-order valence-corrected chi connectivity index (χ0v) is 10.00. The van der Waals surface area contributed by atoms with Gasteiger partial charge in [0.05, 0.1) is 6.26 Å². The van der Waals surface area contributed by atoms with Gasteiger partial charge in [-0.25, -0.2) is 17.1 Å². The number of halogens is 1. The fourth-order valence-corrected chi connectivity index (χ4v) is 1.39. The van der Waals surface area contributed by atoms with Crippen molar-refractivity contribution >= 4 is 10.0 Å². The molecule has 4 nitrogen and oxygen atoms in total. The zero-order valence-electron chi connectivity index (χ0n) is 9.18. The molecule has 0 unspecified atom stereocenters. The highest BCUT2D eigenvalue weighted by molar-refractivity contribution is 7.88. The van der Waals surface area contributed by atoms with Gasteiger partial charge < -0.3 is 4.74 Å². The van der Waals surface area contributed by atoms with Crippen molar-refractivity contribution in [3.8, 4) is 5.75 Å². The van der Waals surface area contributed by atoms with Crippen LogP contribution in [0.15, 0.2) is 24.3 Å². The van der Waals surface area contributed by atoms with Gasteiger partial charge in [-0.3, -0.25) is 0 Å². The maximum Gasteiger partial charge on any atom is 0.211 e. The van der Waals surface area contributed by atoms with Gasteiger partial charge in [-0.1, -0.05) is 0 Å². The van der Waals surface area contributed by atoms with E-state index in [1.807, 2.05) is 0 Å². The molecule has 1 aromatic carbocycles. The lowest BCUT2D eigenvalue weighted by atomic mass is 10.3. The first-order valence-electron chi connectivity index (χ1n) is 4.69. The van der Waals surface area contributed by atoms with Gasteiger partial charge in [0, 0.05) is 13.6 Å². The Morgan fingerprint density at radius 1 is 1.31 bits per heavy atom. The molecular weight excluding hydrogens is 233 g/mol. The van der Waals surface area contributed by atoms with Gasteiger partial charge in [0.1, 0.15) is 18.2 Å². The summed E-state index contributed by atoms with van der Waals surface area (Å²) in [5.74, 6) is 0.184. The Balaban J connectivity index is 2.39. The molecule has 1 rings (SSSR count). The van der Waals surface area contributed by atoms with E-state index in [0.29, 0.717) is 5.75 Å². The first-order valence-corrected chi connectivity index (χ1v) is 6.54. The van der Waals surface area contributed by atoms with Crippen molar-refractivity contribution in [3.63, 3.8) is 0 Å². The summed E-state index contributed by atoms with van der Waals surface area (Å²) in [5.41, 5.74) is 0. The summed E-state index contributed by atoms with van der Waals surface area (Å²) in [4.78, 5) is 0. The van der Waals surface area contributed by atoms with Gasteiger partial charge in [0.25, 0.3) is 0 Å². The Bertz CT molecular complexity index is 430. The molecule has 0 amide bonds. The van der Waals surface area contributed by atoms with Crippen LogP contribution < -0.4 is 4.74 Å². The fraction of sp³-hybridized carbons (Fsp3) is 0.400. The summed E-state index contributed by atoms with van der Waals surface area (Å²) in [7, 11) is -1.70. The van der Waals surface area contributed by atoms with Crippen molar-refractivity contribution in [1.82, 2.24) is 4.31 Å². The minimum Gasteiger partial charge on any atom is -0.492 e. The number of hydrogen-bond acceptors (Lipinski definition) is 3. The third-order valence-electron chi connectivity index (χ3n) is 2.05. The molecule has 0 spiro atoms. The van der Waals surface area contributed by atoms with Crippen molar-refractivity contribution < 1.29 is 17.5 Å². The Kier molecular flexibility index (Phi) is 4.26. The fourth-order valence-electron chi connectivity index (χ4n) is 0.989. The first kappa shape index (κ1) is 12.9. The average molecular weight is 247 g/mol. The second kappa shape index (κ2) is 5.27. The van der Waals surface area contributed by atoms with Crippen molar-refractivity contribution in [3.05, 3.63) is 30.1 Å². The number of hydrogen-bond donors (Lipinski definition) is 0. The maximum atomic E-state index is 12.6. The van der Waals surface area contributed by atoms with Crippen LogP contribution in [0.4, 0.5) is 4.39 Å². The molecule has 0 fully saturated rings. The number of ether oxygens (including phenoxy) is 1. The van der Waals surface area contributed by atoms with E-state index in [4.69, 9.17) is 4.74 Å². The third-order valence-corrected chi connectivity index (χ3v) is 3.37. The van der Waals surface area contributed by atoms with Crippen LogP contribution in [-0.4, -0.2) is 39.2 Å². The van der Waals surface area contributed by atoms with E-state index in [9.17, 15) is 12.8 Å². The van der Waals surface area contributed by atoms with Crippen LogP contribution in [0.25, 0.3) is 0 Å². The molecule has 90 valence electrons. The van der Waals surface area contributed by atoms with E-state index in [0.717, 1.165) is 6.26 Å². The van der Waals surface area contributed by atoms with E-state index >= 15 is 0 Å². The molecule has 0 bridgehead atoms. The van der Waals surface area contributed by atoms with Crippen molar-refractivity contribution in [2.75, 3.05) is 26.5 Å². The number of likely N-dealkylation sites (N-methyl/N-ethyl adjacent to an activating group) is 1. The predicted octanol–water partition coefficient (Wildman–Crippen LogP) is 1.10. The van der Waals surface area contributed by atoms with Crippen LogP contribution in [0.3, 0.4) is 0 Å². The summed E-state index contributed by atoms with van der Waals surface area (Å²) < 4.78 is 41.1. The number of rotatable bonds is 5. The molecule has 1 aromatic rings. The van der Waals surface area contributed by atoms with Gasteiger partial charge in [0.2, 0.25) is 10.0 Å². The lowest BCUT2D eigenvalue weighted by Crippen LogP contribution is -2.29.